The quantitative estimate of drug-likeness (QED) is 0.682. The molecule has 3 aromatic rings. The molecule has 1 aromatic heterocycles. The normalized spacial score (nSPS) is 10.6. The van der Waals surface area contributed by atoms with Gasteiger partial charge in [0.15, 0.2) is 11.5 Å². The number of rotatable bonds is 6. The number of nitrogens with zero attached hydrogens (tertiary/aromatic N) is 2. The number of hydrogen-bond donors (Lipinski definition) is 0. The number of fused-ring (bicyclic) bond motifs is 1. The van der Waals surface area contributed by atoms with Gasteiger partial charge in [-0.15, -0.1) is 0 Å². The molecule has 1 heterocycles. The van der Waals surface area contributed by atoms with Crippen LogP contribution in [0.5, 0.6) is 17.4 Å². The molecule has 3 rings (SSSR count). The molecular weight excluding hydrogens is 316 g/mol. The van der Waals surface area contributed by atoms with Crippen molar-refractivity contribution in [1.82, 2.24) is 4.98 Å². The maximum Gasteiger partial charge on any atom is 0.214 e. The number of benzene rings is 2. The van der Waals surface area contributed by atoms with E-state index in [0.717, 1.165) is 22.2 Å². The summed E-state index contributed by atoms with van der Waals surface area (Å²) >= 11 is 0. The molecule has 0 saturated carbocycles. The van der Waals surface area contributed by atoms with E-state index in [2.05, 4.69) is 22.0 Å². The Labute approximate surface area is 147 Å². The monoisotopic (exact) mass is 338 g/mol. The van der Waals surface area contributed by atoms with Crippen LogP contribution in [-0.4, -0.2) is 33.3 Å². The molecule has 0 unspecified atom stereocenters. The minimum Gasteiger partial charge on any atom is -0.493 e. The first-order valence-corrected chi connectivity index (χ1v) is 8.02. The minimum atomic E-state index is 0.466. The molecule has 5 nitrogen and oxygen atoms in total. The van der Waals surface area contributed by atoms with E-state index in [9.17, 15) is 0 Å². The third-order valence-electron chi connectivity index (χ3n) is 3.98. The highest BCUT2D eigenvalue weighted by Crippen LogP contribution is 2.32. The van der Waals surface area contributed by atoms with Gasteiger partial charge < -0.3 is 19.1 Å². The fraction of sp³-hybridized carbons (Fsp3) is 0.250. The summed E-state index contributed by atoms with van der Waals surface area (Å²) in [5, 5.41) is 0.972. The Hall–Kier alpha value is -2.95. The molecule has 130 valence electrons. The summed E-state index contributed by atoms with van der Waals surface area (Å²) in [4.78, 5) is 6.63. The van der Waals surface area contributed by atoms with Crippen molar-refractivity contribution in [1.29, 1.82) is 0 Å². The van der Waals surface area contributed by atoms with Crippen LogP contribution in [0, 0.1) is 0 Å². The Kier molecular flexibility index (Phi) is 4.93. The molecule has 25 heavy (non-hydrogen) atoms. The first kappa shape index (κ1) is 16.9. The maximum atomic E-state index is 5.86. The summed E-state index contributed by atoms with van der Waals surface area (Å²) in [7, 11) is 7.28. The lowest BCUT2D eigenvalue weighted by molar-refractivity contribution is 0.295. The molecular formula is C20H22N2O3. The number of aromatic nitrogens is 1. The van der Waals surface area contributed by atoms with Crippen molar-refractivity contribution >= 4 is 16.6 Å². The first-order valence-electron chi connectivity index (χ1n) is 8.02. The van der Waals surface area contributed by atoms with Crippen LogP contribution in [0.3, 0.4) is 0 Å². The molecule has 0 aliphatic rings. The van der Waals surface area contributed by atoms with Gasteiger partial charge >= 0.3 is 0 Å². The van der Waals surface area contributed by atoms with Gasteiger partial charge in [0.05, 0.1) is 19.7 Å². The van der Waals surface area contributed by atoms with Crippen LogP contribution in [0.1, 0.15) is 5.56 Å². The van der Waals surface area contributed by atoms with Gasteiger partial charge in [0.1, 0.15) is 6.61 Å². The second-order valence-electron chi connectivity index (χ2n) is 5.90. The van der Waals surface area contributed by atoms with Crippen molar-refractivity contribution in [2.45, 2.75) is 6.61 Å². The van der Waals surface area contributed by atoms with Crippen molar-refractivity contribution < 1.29 is 14.2 Å². The fourth-order valence-electron chi connectivity index (χ4n) is 2.59. The molecule has 0 fully saturated rings. The summed E-state index contributed by atoms with van der Waals surface area (Å²) in [5.41, 5.74) is 3.04. The third-order valence-corrected chi connectivity index (χ3v) is 3.98. The SMILES string of the molecule is COc1cc2ccc(OCc3cccc(N(C)C)c3)nc2cc1OC. The van der Waals surface area contributed by atoms with Gasteiger partial charge in [-0.1, -0.05) is 12.1 Å². The van der Waals surface area contributed by atoms with Crippen molar-refractivity contribution in [2.24, 2.45) is 0 Å². The summed E-state index contributed by atoms with van der Waals surface area (Å²) in [6, 6.07) is 15.8. The van der Waals surface area contributed by atoms with Crippen LogP contribution in [0.2, 0.25) is 0 Å². The molecule has 5 heteroatoms. The zero-order valence-corrected chi connectivity index (χ0v) is 14.9. The zero-order valence-electron chi connectivity index (χ0n) is 14.9. The summed E-state index contributed by atoms with van der Waals surface area (Å²) in [5.74, 6) is 1.92. The molecule has 0 amide bonds. The number of hydrogen-bond acceptors (Lipinski definition) is 5. The van der Waals surface area contributed by atoms with Crippen molar-refractivity contribution in [3.63, 3.8) is 0 Å². The van der Waals surface area contributed by atoms with Gasteiger partial charge in [0.25, 0.3) is 0 Å². The standard InChI is InChI=1S/C20H22N2O3/c1-22(2)16-7-5-6-14(10-16)13-25-20-9-8-15-11-18(23-3)19(24-4)12-17(15)21-20/h5-12H,13H2,1-4H3. The van der Waals surface area contributed by atoms with E-state index in [1.165, 1.54) is 0 Å². The summed E-state index contributed by atoms with van der Waals surface area (Å²) in [6.45, 7) is 0.466. The van der Waals surface area contributed by atoms with E-state index < -0.39 is 0 Å². The van der Waals surface area contributed by atoms with Crippen LogP contribution in [0.25, 0.3) is 10.9 Å². The van der Waals surface area contributed by atoms with E-state index in [-0.39, 0.29) is 0 Å². The van der Waals surface area contributed by atoms with Crippen molar-refractivity contribution in [3.05, 3.63) is 54.1 Å². The van der Waals surface area contributed by atoms with E-state index in [1.54, 1.807) is 14.2 Å². The highest BCUT2D eigenvalue weighted by molar-refractivity contribution is 5.83. The van der Waals surface area contributed by atoms with Crippen LogP contribution in [0.4, 0.5) is 5.69 Å². The van der Waals surface area contributed by atoms with Crippen molar-refractivity contribution in [2.75, 3.05) is 33.2 Å². The average molecular weight is 338 g/mol. The minimum absolute atomic E-state index is 0.466. The van der Waals surface area contributed by atoms with Gasteiger partial charge in [0.2, 0.25) is 5.88 Å². The first-order chi connectivity index (χ1) is 12.1. The van der Waals surface area contributed by atoms with Gasteiger partial charge in [-0.25, -0.2) is 4.98 Å². The van der Waals surface area contributed by atoms with Crippen LogP contribution in [0.15, 0.2) is 48.5 Å². The van der Waals surface area contributed by atoms with Gasteiger partial charge in [-0.3, -0.25) is 0 Å². The Morgan fingerprint density at radius 3 is 2.40 bits per heavy atom. The molecule has 0 atom stereocenters. The predicted molar refractivity (Wildman–Crippen MR) is 99.9 cm³/mol. The van der Waals surface area contributed by atoms with Gasteiger partial charge in [0, 0.05) is 37.3 Å². The fourth-order valence-corrected chi connectivity index (χ4v) is 2.59. The second kappa shape index (κ2) is 7.30. The van der Waals surface area contributed by atoms with Crippen molar-refractivity contribution in [3.8, 4) is 17.4 Å². The molecule has 0 radical (unpaired) electrons. The molecule has 0 bridgehead atoms. The maximum absolute atomic E-state index is 5.86. The molecule has 0 saturated heterocycles. The van der Waals surface area contributed by atoms with Crippen LogP contribution in [-0.2, 0) is 6.61 Å². The molecule has 0 aliphatic carbocycles. The average Bonchev–Trinajstić information content (AvgIpc) is 2.65. The third kappa shape index (κ3) is 3.76. The largest absolute Gasteiger partial charge is 0.493 e. The Morgan fingerprint density at radius 1 is 0.920 bits per heavy atom. The van der Waals surface area contributed by atoms with Crippen LogP contribution < -0.4 is 19.1 Å². The van der Waals surface area contributed by atoms with Gasteiger partial charge in [-0.05, 0) is 29.8 Å². The number of anilines is 1. The van der Waals surface area contributed by atoms with Gasteiger partial charge in [-0.2, -0.15) is 0 Å². The second-order valence-corrected chi connectivity index (χ2v) is 5.90. The Balaban J connectivity index is 1.81. The highest BCUT2D eigenvalue weighted by atomic mass is 16.5. The van der Waals surface area contributed by atoms with Crippen LogP contribution >= 0.6 is 0 Å². The summed E-state index contributed by atoms with van der Waals surface area (Å²) < 4.78 is 16.5. The number of pyridine rings is 1. The smallest absolute Gasteiger partial charge is 0.214 e. The summed E-state index contributed by atoms with van der Waals surface area (Å²) in [6.07, 6.45) is 0. The molecule has 2 aromatic carbocycles. The molecule has 0 N–H and O–H groups in total. The highest BCUT2D eigenvalue weighted by Gasteiger charge is 2.08. The lowest BCUT2D eigenvalue weighted by atomic mass is 10.2. The Bertz CT molecular complexity index is 878. The topological polar surface area (TPSA) is 43.8 Å². The molecule has 0 spiro atoms. The molecule has 0 aliphatic heterocycles. The Morgan fingerprint density at radius 2 is 1.68 bits per heavy atom. The lowest BCUT2D eigenvalue weighted by Gasteiger charge is -2.14. The van der Waals surface area contributed by atoms with E-state index in [4.69, 9.17) is 14.2 Å². The van der Waals surface area contributed by atoms with E-state index in [1.807, 2.05) is 50.5 Å². The van der Waals surface area contributed by atoms with E-state index in [0.29, 0.717) is 24.0 Å². The number of methoxy groups -OCH3 is 2. The van der Waals surface area contributed by atoms with E-state index >= 15 is 0 Å². The number of ether oxygens (including phenoxy) is 3. The zero-order chi connectivity index (χ0) is 17.8. The lowest BCUT2D eigenvalue weighted by Crippen LogP contribution is -2.09. The predicted octanol–water partition coefficient (Wildman–Crippen LogP) is 3.90.